The zero-order valence-electron chi connectivity index (χ0n) is 13.7. The Morgan fingerprint density at radius 1 is 1.08 bits per heavy atom. The maximum absolute atomic E-state index is 12.4. The highest BCUT2D eigenvalue weighted by Crippen LogP contribution is 2.32. The van der Waals surface area contributed by atoms with Crippen LogP contribution in [0.15, 0.2) is 39.7 Å². The average Bonchev–Trinajstić information content (AvgIpc) is 3.37. The van der Waals surface area contributed by atoms with Crippen molar-refractivity contribution in [3.63, 3.8) is 0 Å². The molecule has 130 valence electrons. The average molecular weight is 334 g/mol. The van der Waals surface area contributed by atoms with E-state index in [1.165, 1.54) is 12.2 Å². The van der Waals surface area contributed by atoms with Crippen LogP contribution in [0.5, 0.6) is 0 Å². The van der Waals surface area contributed by atoms with E-state index >= 15 is 0 Å². The summed E-state index contributed by atoms with van der Waals surface area (Å²) in [4.78, 5) is 49.1. The van der Waals surface area contributed by atoms with Gasteiger partial charge in [-0.2, -0.15) is 0 Å². The van der Waals surface area contributed by atoms with Gasteiger partial charge in [0.2, 0.25) is 5.91 Å². The number of nitrogens with zero attached hydrogens (tertiary/aromatic N) is 3. The first-order valence-electron chi connectivity index (χ1n) is 7.86. The summed E-state index contributed by atoms with van der Waals surface area (Å²) in [6, 6.07) is 0.00248. The van der Waals surface area contributed by atoms with Gasteiger partial charge in [0.15, 0.2) is 0 Å². The van der Waals surface area contributed by atoms with Crippen LogP contribution in [0.3, 0.4) is 0 Å². The second kappa shape index (κ2) is 7.29. The van der Waals surface area contributed by atoms with Crippen molar-refractivity contribution in [1.82, 2.24) is 19.0 Å². The van der Waals surface area contributed by atoms with E-state index in [4.69, 9.17) is 0 Å². The van der Waals surface area contributed by atoms with Gasteiger partial charge in [0.25, 0.3) is 0 Å². The van der Waals surface area contributed by atoms with Crippen molar-refractivity contribution in [2.24, 2.45) is 5.92 Å². The van der Waals surface area contributed by atoms with Crippen LogP contribution in [0.4, 0.5) is 0 Å². The first-order valence-corrected chi connectivity index (χ1v) is 7.86. The minimum Gasteiger partial charge on any atom is -0.352 e. The van der Waals surface area contributed by atoms with Crippen LogP contribution in [0.1, 0.15) is 19.8 Å². The zero-order chi connectivity index (χ0) is 17.9. The molecule has 1 fully saturated rings. The fourth-order valence-corrected chi connectivity index (χ4v) is 2.55. The largest absolute Gasteiger partial charge is 0.352 e. The molecule has 8 heteroatoms. The van der Waals surface area contributed by atoms with Crippen LogP contribution in [-0.2, 0) is 24.4 Å². The molecule has 0 saturated heterocycles. The van der Waals surface area contributed by atoms with Crippen molar-refractivity contribution in [3.8, 4) is 0 Å². The molecule has 24 heavy (non-hydrogen) atoms. The summed E-state index contributed by atoms with van der Waals surface area (Å²) < 4.78 is 2.51. The molecule has 2 rings (SSSR count). The first-order chi connectivity index (χ1) is 11.4. The number of amides is 1. The summed E-state index contributed by atoms with van der Waals surface area (Å²) >= 11 is 0. The van der Waals surface area contributed by atoms with Crippen LogP contribution < -0.4 is 22.4 Å². The monoisotopic (exact) mass is 334 g/mol. The lowest BCUT2D eigenvalue weighted by molar-refractivity contribution is -0.122. The van der Waals surface area contributed by atoms with Gasteiger partial charge in [-0.3, -0.25) is 4.79 Å². The van der Waals surface area contributed by atoms with Crippen LogP contribution in [0.25, 0.3) is 0 Å². The highest BCUT2D eigenvalue weighted by atomic mass is 16.2. The van der Waals surface area contributed by atoms with Crippen molar-refractivity contribution in [1.29, 1.82) is 0 Å². The first kappa shape index (κ1) is 17.7. The van der Waals surface area contributed by atoms with Gasteiger partial charge in [-0.1, -0.05) is 12.2 Å². The molecule has 1 atom stereocenters. The highest BCUT2D eigenvalue weighted by molar-refractivity contribution is 5.76. The predicted molar refractivity (Wildman–Crippen MR) is 89.9 cm³/mol. The van der Waals surface area contributed by atoms with Gasteiger partial charge < -0.3 is 5.32 Å². The predicted octanol–water partition coefficient (Wildman–Crippen LogP) is -0.542. The fourth-order valence-electron chi connectivity index (χ4n) is 2.55. The van der Waals surface area contributed by atoms with Crippen molar-refractivity contribution >= 4 is 5.91 Å². The number of rotatable bonds is 8. The third kappa shape index (κ3) is 3.64. The molecule has 1 aromatic rings. The van der Waals surface area contributed by atoms with E-state index in [1.807, 2.05) is 6.92 Å². The quantitative estimate of drug-likeness (QED) is 0.646. The molecule has 1 amide bonds. The summed E-state index contributed by atoms with van der Waals surface area (Å²) in [6.07, 6.45) is 4.89. The molecule has 1 aliphatic carbocycles. The van der Waals surface area contributed by atoms with E-state index in [-0.39, 0.29) is 19.1 Å². The summed E-state index contributed by atoms with van der Waals surface area (Å²) in [5.74, 6) is 0.0281. The molecule has 8 nitrogen and oxygen atoms in total. The third-order valence-electron chi connectivity index (χ3n) is 4.03. The Balaban J connectivity index is 2.40. The van der Waals surface area contributed by atoms with E-state index in [1.54, 1.807) is 0 Å². The van der Waals surface area contributed by atoms with E-state index < -0.39 is 29.5 Å². The zero-order valence-corrected chi connectivity index (χ0v) is 13.7. The summed E-state index contributed by atoms with van der Waals surface area (Å²) in [5, 5.41) is 2.79. The number of nitrogens with one attached hydrogen (secondary N) is 1. The van der Waals surface area contributed by atoms with Gasteiger partial charge >= 0.3 is 17.1 Å². The third-order valence-corrected chi connectivity index (χ3v) is 4.03. The molecule has 0 spiro atoms. The van der Waals surface area contributed by atoms with Crippen molar-refractivity contribution in [3.05, 3.63) is 56.8 Å². The van der Waals surface area contributed by atoms with E-state index in [0.29, 0.717) is 5.92 Å². The Labute approximate surface area is 138 Å². The van der Waals surface area contributed by atoms with E-state index in [0.717, 1.165) is 26.5 Å². The van der Waals surface area contributed by atoms with Gasteiger partial charge in [0.05, 0.1) is 13.1 Å². The van der Waals surface area contributed by atoms with Gasteiger partial charge in [-0.25, -0.2) is 28.1 Å². The second-order valence-corrected chi connectivity index (χ2v) is 5.93. The molecule has 1 aliphatic rings. The maximum Gasteiger partial charge on any atom is 0.337 e. The van der Waals surface area contributed by atoms with Gasteiger partial charge in [-0.15, -0.1) is 13.2 Å². The number of hydrogen-bond acceptors (Lipinski definition) is 4. The molecule has 1 aromatic heterocycles. The maximum atomic E-state index is 12.4. The van der Waals surface area contributed by atoms with Crippen LogP contribution >= 0.6 is 0 Å². The van der Waals surface area contributed by atoms with Gasteiger partial charge in [0, 0.05) is 6.04 Å². The van der Waals surface area contributed by atoms with Crippen LogP contribution in [0, 0.1) is 5.92 Å². The minimum atomic E-state index is -0.820. The summed E-state index contributed by atoms with van der Waals surface area (Å²) in [5.41, 5.74) is -2.38. The Bertz CT molecular complexity index is 778. The molecule has 1 saturated carbocycles. The smallest absolute Gasteiger partial charge is 0.337 e. The standard InChI is InChI=1S/C16H22N4O4/c1-4-8-18-14(22)19(9-5-2)16(24)20(15(18)23)10-13(21)17-11(3)12-6-7-12/h4-5,11-12H,1-2,6-10H2,3H3,(H,17,21). The van der Waals surface area contributed by atoms with Crippen LogP contribution in [0.2, 0.25) is 0 Å². The Morgan fingerprint density at radius 3 is 1.96 bits per heavy atom. The molecule has 0 aromatic carbocycles. The van der Waals surface area contributed by atoms with E-state index in [2.05, 4.69) is 18.5 Å². The molecule has 0 bridgehead atoms. The highest BCUT2D eigenvalue weighted by Gasteiger charge is 2.29. The van der Waals surface area contributed by atoms with Crippen molar-refractivity contribution in [2.75, 3.05) is 0 Å². The Hall–Kier alpha value is -2.64. The molecule has 1 N–H and O–H groups in total. The summed E-state index contributed by atoms with van der Waals surface area (Å²) in [7, 11) is 0. The van der Waals surface area contributed by atoms with Gasteiger partial charge in [-0.05, 0) is 25.7 Å². The Morgan fingerprint density at radius 2 is 1.54 bits per heavy atom. The minimum absolute atomic E-state index is 0.00248. The molecule has 0 aliphatic heterocycles. The topological polar surface area (TPSA) is 95.1 Å². The van der Waals surface area contributed by atoms with Gasteiger partial charge in [0.1, 0.15) is 6.54 Å². The van der Waals surface area contributed by atoms with E-state index in [9.17, 15) is 19.2 Å². The number of hydrogen-bond donors (Lipinski definition) is 1. The number of carbonyl (C=O) groups is 1. The normalized spacial score (nSPS) is 14.9. The SMILES string of the molecule is C=CCn1c(=O)n(CC=C)c(=O)n(CC(=O)NC(C)C2CC2)c1=O. The Kier molecular flexibility index (Phi) is 5.38. The molecule has 0 radical (unpaired) electrons. The molecule has 1 heterocycles. The second-order valence-electron chi connectivity index (χ2n) is 5.93. The lowest BCUT2D eigenvalue weighted by Gasteiger charge is -2.15. The number of allylic oxidation sites excluding steroid dienone is 2. The lowest BCUT2D eigenvalue weighted by Crippen LogP contribution is -2.55. The lowest BCUT2D eigenvalue weighted by atomic mass is 10.2. The van der Waals surface area contributed by atoms with Crippen molar-refractivity contribution in [2.45, 2.75) is 45.4 Å². The summed E-state index contributed by atoms with van der Waals surface area (Å²) in [6.45, 7) is 8.37. The molecular weight excluding hydrogens is 312 g/mol. The van der Waals surface area contributed by atoms with Crippen LogP contribution in [-0.4, -0.2) is 25.7 Å². The number of carbonyl (C=O) groups excluding carboxylic acids is 1. The molecule has 1 unspecified atom stereocenters. The fraction of sp³-hybridized carbons (Fsp3) is 0.500. The molecular formula is C16H22N4O4. The van der Waals surface area contributed by atoms with Crippen molar-refractivity contribution < 1.29 is 4.79 Å². The number of aromatic nitrogens is 3.